The second-order valence-electron chi connectivity index (χ2n) is 7.40. The fourth-order valence-corrected chi connectivity index (χ4v) is 4.94. The lowest BCUT2D eigenvalue weighted by Gasteiger charge is -2.15. The van der Waals surface area contributed by atoms with Crippen molar-refractivity contribution in [2.45, 2.75) is 18.7 Å². The molecule has 0 bridgehead atoms. The molecule has 7 heteroatoms. The summed E-state index contributed by atoms with van der Waals surface area (Å²) in [5.41, 5.74) is 4.70. The van der Waals surface area contributed by atoms with Crippen LogP contribution in [0.5, 0.6) is 5.75 Å². The number of fused-ring (bicyclic) bond motifs is 1. The maximum atomic E-state index is 13.1. The molecule has 3 aromatic rings. The number of carbonyl (C=O) groups is 1. The van der Waals surface area contributed by atoms with Crippen LogP contribution in [0.25, 0.3) is 16.7 Å². The number of hydrogen-bond acceptors (Lipinski definition) is 4. The molecule has 0 unspecified atom stereocenters. The molecule has 31 heavy (non-hydrogen) atoms. The fraction of sp³-hybridized carbons (Fsp3) is 0.125. The van der Waals surface area contributed by atoms with Crippen LogP contribution in [0.15, 0.2) is 77.2 Å². The lowest BCUT2D eigenvalue weighted by Crippen LogP contribution is -2.14. The molecule has 6 nitrogen and oxygen atoms in total. The number of benzene rings is 3. The summed E-state index contributed by atoms with van der Waals surface area (Å²) in [6.45, 7) is 3.72. The number of para-hydroxylation sites is 1. The number of carbonyl (C=O) groups excluding carboxylic acids is 1. The third-order valence-electron chi connectivity index (χ3n) is 5.07. The molecule has 1 amide bonds. The molecule has 0 saturated heterocycles. The van der Waals surface area contributed by atoms with E-state index >= 15 is 0 Å². The minimum absolute atomic E-state index is 0.0379. The largest absolute Gasteiger partial charge is 0.495 e. The van der Waals surface area contributed by atoms with Gasteiger partial charge in [-0.25, -0.2) is 8.42 Å². The summed E-state index contributed by atoms with van der Waals surface area (Å²) in [7, 11) is -2.49. The highest BCUT2D eigenvalue weighted by Gasteiger charge is 2.29. The zero-order chi connectivity index (χ0) is 22.2. The van der Waals surface area contributed by atoms with E-state index in [1.165, 1.54) is 13.2 Å². The Morgan fingerprint density at radius 3 is 2.26 bits per heavy atom. The molecule has 2 N–H and O–H groups in total. The molecule has 0 aliphatic carbocycles. The standard InChI is InChI=1S/C24H22N2O4S/c1-15(2)22-19-14-17(26-31(28,29)21-12-8-7-11-20(21)30-3)13-18(23(19)25-24(22)27)16-9-5-4-6-10-16/h4-14,26H,1-3H3,(H,25,27). The Balaban J connectivity index is 1.89. The SMILES string of the molecule is COc1ccccc1S(=O)(=O)Nc1cc2c(c(-c3ccccc3)c1)NC(=O)C2=C(C)C. The van der Waals surface area contributed by atoms with Gasteiger partial charge in [-0.1, -0.05) is 48.0 Å². The highest BCUT2D eigenvalue weighted by Crippen LogP contribution is 2.43. The van der Waals surface area contributed by atoms with Crippen molar-refractivity contribution in [2.75, 3.05) is 17.1 Å². The molecular weight excluding hydrogens is 412 g/mol. The summed E-state index contributed by atoms with van der Waals surface area (Å²) < 4.78 is 34.1. The third-order valence-corrected chi connectivity index (χ3v) is 6.49. The monoisotopic (exact) mass is 434 g/mol. The van der Waals surface area contributed by atoms with Gasteiger partial charge in [-0.2, -0.15) is 0 Å². The first-order valence-corrected chi connectivity index (χ1v) is 11.2. The van der Waals surface area contributed by atoms with Crippen molar-refractivity contribution < 1.29 is 17.9 Å². The number of amides is 1. The number of ether oxygens (including phenoxy) is 1. The lowest BCUT2D eigenvalue weighted by molar-refractivity contribution is -0.110. The van der Waals surface area contributed by atoms with Crippen molar-refractivity contribution in [1.29, 1.82) is 0 Å². The Morgan fingerprint density at radius 2 is 1.58 bits per heavy atom. The molecule has 0 fully saturated rings. The highest BCUT2D eigenvalue weighted by molar-refractivity contribution is 7.92. The number of sulfonamides is 1. The number of rotatable bonds is 5. The van der Waals surface area contributed by atoms with Crippen LogP contribution in [0.2, 0.25) is 0 Å². The summed E-state index contributed by atoms with van der Waals surface area (Å²) in [6.07, 6.45) is 0. The first-order chi connectivity index (χ1) is 14.8. The second kappa shape index (κ2) is 7.92. The van der Waals surface area contributed by atoms with Gasteiger partial charge in [-0.05, 0) is 43.7 Å². The molecule has 1 aliphatic rings. The summed E-state index contributed by atoms with van der Waals surface area (Å²) >= 11 is 0. The van der Waals surface area contributed by atoms with Crippen molar-refractivity contribution in [3.63, 3.8) is 0 Å². The number of hydrogen-bond donors (Lipinski definition) is 2. The van der Waals surface area contributed by atoms with Crippen LogP contribution in [-0.2, 0) is 14.8 Å². The van der Waals surface area contributed by atoms with Gasteiger partial charge >= 0.3 is 0 Å². The number of anilines is 2. The van der Waals surface area contributed by atoms with Crippen LogP contribution in [0.1, 0.15) is 19.4 Å². The Kier molecular flexibility index (Phi) is 5.29. The average Bonchev–Trinajstić information content (AvgIpc) is 3.09. The molecule has 3 aromatic carbocycles. The predicted molar refractivity (Wildman–Crippen MR) is 123 cm³/mol. The summed E-state index contributed by atoms with van der Waals surface area (Å²) in [5, 5.41) is 2.94. The number of nitrogens with one attached hydrogen (secondary N) is 2. The van der Waals surface area contributed by atoms with E-state index in [-0.39, 0.29) is 16.6 Å². The van der Waals surface area contributed by atoms with E-state index in [0.717, 1.165) is 16.7 Å². The number of allylic oxidation sites excluding steroid dienone is 1. The average molecular weight is 435 g/mol. The van der Waals surface area contributed by atoms with Gasteiger partial charge in [0.2, 0.25) is 0 Å². The third kappa shape index (κ3) is 3.80. The van der Waals surface area contributed by atoms with Gasteiger partial charge in [0.1, 0.15) is 10.6 Å². The normalized spacial score (nSPS) is 12.9. The molecule has 0 spiro atoms. The minimum Gasteiger partial charge on any atom is -0.495 e. The van der Waals surface area contributed by atoms with Gasteiger partial charge in [0, 0.05) is 16.7 Å². The van der Waals surface area contributed by atoms with Crippen LogP contribution >= 0.6 is 0 Å². The summed E-state index contributed by atoms with van der Waals surface area (Å²) in [4.78, 5) is 12.7. The number of methoxy groups -OCH3 is 1. The van der Waals surface area contributed by atoms with E-state index in [1.54, 1.807) is 30.3 Å². The molecule has 0 atom stereocenters. The molecule has 0 saturated carbocycles. The zero-order valence-corrected chi connectivity index (χ0v) is 18.2. The molecule has 1 heterocycles. The van der Waals surface area contributed by atoms with Gasteiger partial charge in [-0.15, -0.1) is 0 Å². The summed E-state index contributed by atoms with van der Waals surface area (Å²) in [5.74, 6) is 0.0539. The summed E-state index contributed by atoms with van der Waals surface area (Å²) in [6, 6.07) is 19.4. The van der Waals surface area contributed by atoms with Crippen molar-refractivity contribution in [2.24, 2.45) is 0 Å². The van der Waals surface area contributed by atoms with Crippen LogP contribution < -0.4 is 14.8 Å². The topological polar surface area (TPSA) is 84.5 Å². The van der Waals surface area contributed by atoms with Crippen LogP contribution in [0.3, 0.4) is 0 Å². The van der Waals surface area contributed by atoms with E-state index in [4.69, 9.17) is 4.74 Å². The van der Waals surface area contributed by atoms with Crippen LogP contribution in [-0.4, -0.2) is 21.4 Å². The first-order valence-electron chi connectivity index (χ1n) is 9.70. The molecule has 0 aromatic heterocycles. The maximum absolute atomic E-state index is 13.1. The lowest BCUT2D eigenvalue weighted by atomic mass is 9.96. The van der Waals surface area contributed by atoms with E-state index in [2.05, 4.69) is 10.0 Å². The van der Waals surface area contributed by atoms with E-state index in [9.17, 15) is 13.2 Å². The van der Waals surface area contributed by atoms with Crippen LogP contribution in [0.4, 0.5) is 11.4 Å². The Morgan fingerprint density at radius 1 is 0.935 bits per heavy atom. The Bertz CT molecular complexity index is 1310. The Hall–Kier alpha value is -3.58. The highest BCUT2D eigenvalue weighted by atomic mass is 32.2. The minimum atomic E-state index is -3.92. The van der Waals surface area contributed by atoms with Gasteiger partial charge in [0.15, 0.2) is 0 Å². The van der Waals surface area contributed by atoms with E-state index in [1.807, 2.05) is 44.2 Å². The van der Waals surface area contributed by atoms with Gasteiger partial charge < -0.3 is 10.1 Å². The molecular formula is C24H22N2O4S. The van der Waals surface area contributed by atoms with E-state index in [0.29, 0.717) is 22.5 Å². The predicted octanol–water partition coefficient (Wildman–Crippen LogP) is 4.91. The van der Waals surface area contributed by atoms with Gasteiger partial charge in [0.25, 0.3) is 15.9 Å². The smallest absolute Gasteiger partial charge is 0.265 e. The quantitative estimate of drug-likeness (QED) is 0.559. The van der Waals surface area contributed by atoms with Crippen molar-refractivity contribution >= 4 is 32.9 Å². The molecule has 4 rings (SSSR count). The fourth-order valence-electron chi connectivity index (χ4n) is 3.72. The van der Waals surface area contributed by atoms with Gasteiger partial charge in [0.05, 0.1) is 18.5 Å². The molecule has 0 radical (unpaired) electrons. The first kappa shape index (κ1) is 20.7. The Labute approximate surface area is 181 Å². The van der Waals surface area contributed by atoms with Crippen molar-refractivity contribution in [3.05, 3.63) is 77.9 Å². The second-order valence-corrected chi connectivity index (χ2v) is 9.05. The zero-order valence-electron chi connectivity index (χ0n) is 17.4. The maximum Gasteiger partial charge on any atom is 0.265 e. The molecule has 158 valence electrons. The van der Waals surface area contributed by atoms with Crippen LogP contribution in [0, 0.1) is 0 Å². The van der Waals surface area contributed by atoms with Crippen molar-refractivity contribution in [1.82, 2.24) is 0 Å². The van der Waals surface area contributed by atoms with Gasteiger partial charge in [-0.3, -0.25) is 9.52 Å². The van der Waals surface area contributed by atoms with E-state index < -0.39 is 10.0 Å². The van der Waals surface area contributed by atoms with Crippen molar-refractivity contribution in [3.8, 4) is 16.9 Å². The molecule has 1 aliphatic heterocycles.